The fourth-order valence-electron chi connectivity index (χ4n) is 6.07. The zero-order chi connectivity index (χ0) is 26.8. The normalized spacial score (nSPS) is 13.3. The number of unbranched alkanes of at least 4 members (excludes halogenated alkanes) is 20. The van der Waals surface area contributed by atoms with E-state index >= 15 is 0 Å². The first kappa shape index (κ1) is 34.2. The fraction of sp³-hybridized carbons (Fsp3) is 0.914. The van der Waals surface area contributed by atoms with E-state index in [9.17, 15) is 0 Å². The summed E-state index contributed by atoms with van der Waals surface area (Å²) >= 11 is 0. The predicted molar refractivity (Wildman–Crippen MR) is 166 cm³/mol. The Bertz CT molecular complexity index is 578. The van der Waals surface area contributed by atoms with Gasteiger partial charge in [0.15, 0.2) is 0 Å². The second-order valence-corrected chi connectivity index (χ2v) is 12.2. The molecule has 2 nitrogen and oxygen atoms in total. The summed E-state index contributed by atoms with van der Waals surface area (Å²) in [5, 5.41) is 0. The van der Waals surface area contributed by atoms with E-state index in [4.69, 9.17) is 0 Å². The van der Waals surface area contributed by atoms with E-state index in [1.165, 1.54) is 173 Å². The average molecular weight is 518 g/mol. The monoisotopic (exact) mass is 518 g/mol. The van der Waals surface area contributed by atoms with Crippen molar-refractivity contribution < 1.29 is 4.57 Å². The molecule has 1 heterocycles. The maximum Gasteiger partial charge on any atom is 0.257 e. The van der Waals surface area contributed by atoms with Gasteiger partial charge in [-0.05, 0) is 32.6 Å². The average Bonchev–Trinajstić information content (AvgIpc) is 3.40. The molecule has 0 saturated heterocycles. The van der Waals surface area contributed by atoms with Crippen LogP contribution in [0, 0.1) is 0 Å². The maximum absolute atomic E-state index is 3.72. The van der Waals surface area contributed by atoms with Crippen LogP contribution in [-0.2, 0) is 0 Å². The number of aromatic amines is 1. The van der Waals surface area contributed by atoms with Gasteiger partial charge in [0.05, 0.1) is 12.0 Å². The zero-order valence-corrected chi connectivity index (χ0v) is 26.1. The Morgan fingerprint density at radius 1 is 0.514 bits per heavy atom. The first-order chi connectivity index (χ1) is 18.2. The highest BCUT2D eigenvalue weighted by Crippen LogP contribution is 2.27. The van der Waals surface area contributed by atoms with Crippen LogP contribution < -0.4 is 4.57 Å². The van der Waals surface area contributed by atoms with Gasteiger partial charge in [-0.3, -0.25) is 0 Å². The van der Waals surface area contributed by atoms with E-state index in [1.807, 2.05) is 0 Å². The molecular formula is C35H69N2+. The van der Waals surface area contributed by atoms with Crippen molar-refractivity contribution in [2.24, 2.45) is 0 Å². The molecule has 0 aliphatic rings. The van der Waals surface area contributed by atoms with E-state index in [0.29, 0.717) is 12.0 Å². The second-order valence-electron chi connectivity index (χ2n) is 12.2. The van der Waals surface area contributed by atoms with Crippen molar-refractivity contribution in [1.82, 2.24) is 4.98 Å². The Labute approximate surface area is 234 Å². The Kier molecular flexibility index (Phi) is 23.6. The maximum atomic E-state index is 3.72. The molecule has 0 aliphatic heterocycles. The van der Waals surface area contributed by atoms with Crippen LogP contribution in [-0.4, -0.2) is 4.98 Å². The van der Waals surface area contributed by atoms with Crippen molar-refractivity contribution in [3.8, 4) is 0 Å². The molecule has 0 radical (unpaired) electrons. The zero-order valence-electron chi connectivity index (χ0n) is 26.1. The van der Waals surface area contributed by atoms with Crippen LogP contribution in [0.3, 0.4) is 0 Å². The quantitative estimate of drug-likeness (QED) is 0.0842. The third-order valence-corrected chi connectivity index (χ3v) is 8.64. The standard InChI is InChI=1S/C35H68N2/c1-5-8-11-14-17-18-19-21-24-27-30-34(29-26-23-20-15-12-9-6-2)35-36-31-32-37(35)33(4)28-25-22-16-13-10-7-3/h31-34H,5-30H2,1-4H3/p+1. The summed E-state index contributed by atoms with van der Waals surface area (Å²) in [6, 6.07) is 0.622. The Balaban J connectivity index is 2.47. The number of nitrogens with one attached hydrogen (secondary N) is 1. The summed E-state index contributed by atoms with van der Waals surface area (Å²) in [6.45, 7) is 9.39. The lowest BCUT2D eigenvalue weighted by molar-refractivity contribution is -0.727. The first-order valence-corrected chi connectivity index (χ1v) is 17.3. The molecule has 0 fully saturated rings. The minimum Gasteiger partial charge on any atom is -0.247 e. The molecule has 2 unspecified atom stereocenters. The molecule has 2 heteroatoms. The summed E-state index contributed by atoms with van der Waals surface area (Å²) in [5.74, 6) is 2.24. The molecule has 0 spiro atoms. The van der Waals surface area contributed by atoms with E-state index in [0.717, 1.165) is 0 Å². The van der Waals surface area contributed by atoms with Gasteiger partial charge in [-0.25, -0.2) is 9.55 Å². The molecular weight excluding hydrogens is 448 g/mol. The number of aromatic nitrogens is 2. The summed E-state index contributed by atoms with van der Waals surface area (Å²) < 4.78 is 2.62. The highest BCUT2D eigenvalue weighted by atomic mass is 15.1. The summed E-state index contributed by atoms with van der Waals surface area (Å²) in [5.41, 5.74) is 0. The summed E-state index contributed by atoms with van der Waals surface area (Å²) in [7, 11) is 0. The number of rotatable bonds is 28. The third kappa shape index (κ3) is 18.2. The molecule has 0 amide bonds. The van der Waals surface area contributed by atoms with Crippen LogP contribution in [0.2, 0.25) is 0 Å². The van der Waals surface area contributed by atoms with Gasteiger partial charge in [-0.1, -0.05) is 162 Å². The van der Waals surface area contributed by atoms with Crippen molar-refractivity contribution in [1.29, 1.82) is 0 Å². The van der Waals surface area contributed by atoms with E-state index in [-0.39, 0.29) is 0 Å². The molecule has 37 heavy (non-hydrogen) atoms. The number of nitrogens with zero attached hydrogens (tertiary/aromatic N) is 1. The lowest BCUT2D eigenvalue weighted by Crippen LogP contribution is -2.41. The van der Waals surface area contributed by atoms with Crippen molar-refractivity contribution >= 4 is 0 Å². The van der Waals surface area contributed by atoms with E-state index < -0.39 is 0 Å². The molecule has 1 N–H and O–H groups in total. The van der Waals surface area contributed by atoms with Gasteiger partial charge in [-0.2, -0.15) is 0 Å². The first-order valence-electron chi connectivity index (χ1n) is 17.3. The van der Waals surface area contributed by atoms with Crippen LogP contribution in [0.1, 0.15) is 212 Å². The van der Waals surface area contributed by atoms with Gasteiger partial charge in [0.2, 0.25) is 0 Å². The van der Waals surface area contributed by atoms with Crippen molar-refractivity contribution in [2.45, 2.75) is 207 Å². The lowest BCUT2D eigenvalue weighted by Gasteiger charge is -2.17. The molecule has 0 aromatic carbocycles. The van der Waals surface area contributed by atoms with Gasteiger partial charge < -0.3 is 0 Å². The van der Waals surface area contributed by atoms with Gasteiger partial charge in [0.1, 0.15) is 12.4 Å². The number of hydrogen-bond donors (Lipinski definition) is 1. The fourth-order valence-corrected chi connectivity index (χ4v) is 6.07. The number of imidazole rings is 1. The molecule has 0 saturated carbocycles. The topological polar surface area (TPSA) is 19.7 Å². The Morgan fingerprint density at radius 3 is 1.27 bits per heavy atom. The summed E-state index contributed by atoms with van der Waals surface area (Å²) in [4.78, 5) is 3.72. The molecule has 2 atom stereocenters. The largest absolute Gasteiger partial charge is 0.257 e. The SMILES string of the molecule is CCCCCCCCCCCCC(CCCCCCCCC)c1[nH]cc[n+]1C(C)CCCCCCCC. The molecule has 1 rings (SSSR count). The molecule has 1 aromatic rings. The van der Waals surface area contributed by atoms with Crippen molar-refractivity contribution in [3.63, 3.8) is 0 Å². The van der Waals surface area contributed by atoms with Crippen molar-refractivity contribution in [2.75, 3.05) is 0 Å². The molecule has 218 valence electrons. The minimum atomic E-state index is 0.622. The lowest BCUT2D eigenvalue weighted by atomic mass is 9.92. The highest BCUT2D eigenvalue weighted by Gasteiger charge is 2.25. The van der Waals surface area contributed by atoms with Gasteiger partial charge in [0.25, 0.3) is 5.82 Å². The smallest absolute Gasteiger partial charge is 0.247 e. The van der Waals surface area contributed by atoms with E-state index in [1.54, 1.807) is 0 Å². The highest BCUT2D eigenvalue weighted by molar-refractivity contribution is 4.90. The molecule has 1 aromatic heterocycles. The molecule has 0 bridgehead atoms. The summed E-state index contributed by atoms with van der Waals surface area (Å²) in [6.07, 6.45) is 41.2. The molecule has 0 aliphatic carbocycles. The van der Waals surface area contributed by atoms with Gasteiger partial charge in [-0.15, -0.1) is 0 Å². The minimum absolute atomic E-state index is 0.622. The van der Waals surface area contributed by atoms with Crippen LogP contribution in [0.15, 0.2) is 12.4 Å². The number of H-pyrrole nitrogens is 1. The van der Waals surface area contributed by atoms with E-state index in [2.05, 4.69) is 49.6 Å². The Morgan fingerprint density at radius 2 is 0.865 bits per heavy atom. The van der Waals surface area contributed by atoms with Crippen LogP contribution in [0.25, 0.3) is 0 Å². The number of hydrogen-bond acceptors (Lipinski definition) is 0. The van der Waals surface area contributed by atoms with Crippen LogP contribution in [0.4, 0.5) is 0 Å². The Hall–Kier alpha value is -0.790. The van der Waals surface area contributed by atoms with Crippen LogP contribution in [0.5, 0.6) is 0 Å². The second kappa shape index (κ2) is 25.5. The third-order valence-electron chi connectivity index (χ3n) is 8.64. The van der Waals surface area contributed by atoms with Gasteiger partial charge in [0, 0.05) is 0 Å². The van der Waals surface area contributed by atoms with Gasteiger partial charge >= 0.3 is 0 Å². The van der Waals surface area contributed by atoms with Crippen LogP contribution >= 0.6 is 0 Å². The van der Waals surface area contributed by atoms with Crippen molar-refractivity contribution in [3.05, 3.63) is 18.2 Å². The predicted octanol–water partition coefficient (Wildman–Crippen LogP) is 12.1.